The van der Waals surface area contributed by atoms with Crippen molar-refractivity contribution in [2.45, 2.75) is 0 Å². The number of rotatable bonds is 1. The maximum atomic E-state index is 5.57. The molecule has 4 heterocycles. The molecule has 0 unspecified atom stereocenters. The van der Waals surface area contributed by atoms with Crippen molar-refractivity contribution in [1.82, 2.24) is 29.3 Å². The smallest absolute Gasteiger partial charge is 0.233 e. The number of nitrogens with two attached hydrogens (primary N) is 1. The molecule has 0 amide bonds. The van der Waals surface area contributed by atoms with Gasteiger partial charge >= 0.3 is 0 Å². The molecule has 0 bridgehead atoms. The van der Waals surface area contributed by atoms with Crippen LogP contribution < -0.4 is 5.73 Å². The minimum Gasteiger partial charge on any atom is -0.368 e. The van der Waals surface area contributed by atoms with Crippen LogP contribution in [0.25, 0.3) is 27.9 Å². The Bertz CT molecular complexity index is 889. The first-order valence-corrected chi connectivity index (χ1v) is 5.70. The quantitative estimate of drug-likeness (QED) is 0.530. The van der Waals surface area contributed by atoms with Crippen molar-refractivity contribution in [3.8, 4) is 11.1 Å². The van der Waals surface area contributed by atoms with Crippen molar-refractivity contribution in [3.05, 3.63) is 37.2 Å². The van der Waals surface area contributed by atoms with Gasteiger partial charge in [-0.2, -0.15) is 4.98 Å². The van der Waals surface area contributed by atoms with Gasteiger partial charge in [0.05, 0.1) is 0 Å². The molecule has 4 aromatic rings. The molecular formula is C12H9N7. The zero-order valence-corrected chi connectivity index (χ0v) is 9.78. The molecular weight excluding hydrogens is 242 g/mol. The van der Waals surface area contributed by atoms with Gasteiger partial charge < -0.3 is 10.7 Å². The van der Waals surface area contributed by atoms with Crippen LogP contribution in [0.1, 0.15) is 0 Å². The molecule has 0 aliphatic carbocycles. The fourth-order valence-electron chi connectivity index (χ4n) is 2.12. The van der Waals surface area contributed by atoms with Gasteiger partial charge in [0.2, 0.25) is 11.7 Å². The van der Waals surface area contributed by atoms with Crippen molar-refractivity contribution in [2.24, 2.45) is 0 Å². The number of aromatic nitrogens is 6. The van der Waals surface area contributed by atoms with E-state index < -0.39 is 0 Å². The molecule has 0 aliphatic rings. The van der Waals surface area contributed by atoms with E-state index in [1.807, 2.05) is 23.0 Å². The van der Waals surface area contributed by atoms with E-state index in [0.29, 0.717) is 11.4 Å². The average molecular weight is 251 g/mol. The molecule has 0 radical (unpaired) electrons. The fraction of sp³-hybridized carbons (Fsp3) is 0. The molecule has 7 nitrogen and oxygen atoms in total. The van der Waals surface area contributed by atoms with Gasteiger partial charge in [-0.1, -0.05) is 0 Å². The molecule has 0 saturated carbocycles. The summed E-state index contributed by atoms with van der Waals surface area (Å²) in [6.45, 7) is 0. The van der Waals surface area contributed by atoms with Gasteiger partial charge in [-0.3, -0.25) is 4.40 Å². The van der Waals surface area contributed by atoms with E-state index in [-0.39, 0.29) is 5.95 Å². The molecule has 7 heteroatoms. The van der Waals surface area contributed by atoms with E-state index in [4.69, 9.17) is 5.73 Å². The highest BCUT2D eigenvalue weighted by Crippen LogP contribution is 2.26. The van der Waals surface area contributed by atoms with Gasteiger partial charge in [-0.25, -0.2) is 15.0 Å². The molecule has 0 saturated heterocycles. The van der Waals surface area contributed by atoms with Gasteiger partial charge in [-0.15, -0.1) is 0 Å². The van der Waals surface area contributed by atoms with Crippen LogP contribution in [0.2, 0.25) is 0 Å². The van der Waals surface area contributed by atoms with Crippen LogP contribution in [-0.4, -0.2) is 29.3 Å². The Labute approximate surface area is 107 Å². The molecule has 92 valence electrons. The van der Waals surface area contributed by atoms with E-state index in [1.165, 1.54) is 0 Å². The van der Waals surface area contributed by atoms with Crippen molar-refractivity contribution in [1.29, 1.82) is 0 Å². The van der Waals surface area contributed by atoms with E-state index in [2.05, 4.69) is 24.9 Å². The van der Waals surface area contributed by atoms with Crippen molar-refractivity contribution < 1.29 is 0 Å². The van der Waals surface area contributed by atoms with Crippen LogP contribution in [0.4, 0.5) is 5.95 Å². The summed E-state index contributed by atoms with van der Waals surface area (Å²) in [5.41, 5.74) is 8.23. The Balaban J connectivity index is 1.97. The zero-order valence-electron chi connectivity index (χ0n) is 9.78. The molecule has 0 atom stereocenters. The number of aromatic amines is 1. The number of anilines is 1. The van der Waals surface area contributed by atoms with E-state index >= 15 is 0 Å². The van der Waals surface area contributed by atoms with E-state index in [9.17, 15) is 0 Å². The third kappa shape index (κ3) is 1.45. The maximum Gasteiger partial charge on any atom is 0.233 e. The minimum absolute atomic E-state index is 0.254. The minimum atomic E-state index is 0.254. The van der Waals surface area contributed by atoms with Crippen LogP contribution >= 0.6 is 0 Å². The Morgan fingerprint density at radius 2 is 2.11 bits per heavy atom. The Morgan fingerprint density at radius 1 is 1.16 bits per heavy atom. The second-order valence-corrected chi connectivity index (χ2v) is 4.17. The number of H-pyrrole nitrogens is 1. The van der Waals surface area contributed by atoms with Crippen LogP contribution in [-0.2, 0) is 0 Å². The van der Waals surface area contributed by atoms with Gasteiger partial charge in [0.25, 0.3) is 0 Å². The lowest BCUT2D eigenvalue weighted by atomic mass is 10.1. The average Bonchev–Trinajstić information content (AvgIpc) is 3.02. The first-order chi connectivity index (χ1) is 9.31. The highest BCUT2D eigenvalue weighted by molar-refractivity contribution is 5.93. The molecule has 4 rings (SSSR count). The Morgan fingerprint density at radius 3 is 3.05 bits per heavy atom. The number of nitrogen functional groups attached to an aromatic ring is 1. The lowest BCUT2D eigenvalue weighted by molar-refractivity contribution is 1.11. The summed E-state index contributed by atoms with van der Waals surface area (Å²) in [6.07, 6.45) is 10.9. The van der Waals surface area contributed by atoms with E-state index in [0.717, 1.165) is 16.5 Å². The van der Waals surface area contributed by atoms with Crippen molar-refractivity contribution >= 4 is 22.8 Å². The van der Waals surface area contributed by atoms with Gasteiger partial charge in [0.15, 0.2) is 0 Å². The molecule has 19 heavy (non-hydrogen) atoms. The highest BCUT2D eigenvalue weighted by Gasteiger charge is 2.09. The fourth-order valence-corrected chi connectivity index (χ4v) is 2.12. The largest absolute Gasteiger partial charge is 0.368 e. The highest BCUT2D eigenvalue weighted by atomic mass is 15.1. The zero-order chi connectivity index (χ0) is 12.8. The second-order valence-electron chi connectivity index (χ2n) is 4.17. The second kappa shape index (κ2) is 3.52. The molecule has 0 fully saturated rings. The summed E-state index contributed by atoms with van der Waals surface area (Å²) in [4.78, 5) is 19.7. The monoisotopic (exact) mass is 251 g/mol. The van der Waals surface area contributed by atoms with Crippen LogP contribution in [0, 0.1) is 0 Å². The van der Waals surface area contributed by atoms with E-state index in [1.54, 1.807) is 18.6 Å². The number of nitrogens with zero attached hydrogens (tertiary/aromatic N) is 5. The van der Waals surface area contributed by atoms with Gasteiger partial charge in [0.1, 0.15) is 5.65 Å². The molecule has 0 aliphatic heterocycles. The van der Waals surface area contributed by atoms with Crippen LogP contribution in [0.5, 0.6) is 0 Å². The normalized spacial score (nSPS) is 11.4. The summed E-state index contributed by atoms with van der Waals surface area (Å²) >= 11 is 0. The lowest BCUT2D eigenvalue weighted by Gasteiger charge is -2.00. The summed E-state index contributed by atoms with van der Waals surface area (Å²) in [5.74, 6) is 0.924. The molecule has 4 aromatic heterocycles. The first kappa shape index (κ1) is 10.0. The maximum absolute atomic E-state index is 5.57. The summed E-state index contributed by atoms with van der Waals surface area (Å²) in [5, 5.41) is 0.912. The Hall–Kier alpha value is -2.96. The standard InChI is InChI=1S/C12H9N7/c13-11-16-5-9-8(4-15-10(9)18-11)7-3-17-12-14-1-2-19(12)6-7/h1-6H,(H3,13,15,16,18). The number of fused-ring (bicyclic) bond motifs is 2. The molecule has 3 N–H and O–H groups in total. The number of imidazole rings is 1. The third-order valence-electron chi connectivity index (χ3n) is 3.01. The topological polar surface area (TPSA) is 97.8 Å². The predicted molar refractivity (Wildman–Crippen MR) is 70.3 cm³/mol. The summed E-state index contributed by atoms with van der Waals surface area (Å²) in [7, 11) is 0. The number of nitrogens with one attached hydrogen (secondary N) is 1. The van der Waals surface area contributed by atoms with Gasteiger partial charge in [-0.05, 0) is 0 Å². The Kier molecular flexibility index (Phi) is 1.85. The lowest BCUT2D eigenvalue weighted by Crippen LogP contribution is -1.93. The predicted octanol–water partition coefficient (Wildman–Crippen LogP) is 1.25. The molecule has 0 aromatic carbocycles. The van der Waals surface area contributed by atoms with Crippen molar-refractivity contribution in [3.63, 3.8) is 0 Å². The van der Waals surface area contributed by atoms with Crippen LogP contribution in [0.15, 0.2) is 37.2 Å². The van der Waals surface area contributed by atoms with Crippen molar-refractivity contribution in [2.75, 3.05) is 5.73 Å². The van der Waals surface area contributed by atoms with Gasteiger partial charge in [0, 0.05) is 53.7 Å². The number of hydrogen-bond donors (Lipinski definition) is 2. The van der Waals surface area contributed by atoms with Crippen LogP contribution in [0.3, 0.4) is 0 Å². The number of hydrogen-bond acceptors (Lipinski definition) is 5. The summed E-state index contributed by atoms with van der Waals surface area (Å²) < 4.78 is 1.87. The third-order valence-corrected chi connectivity index (χ3v) is 3.01. The summed E-state index contributed by atoms with van der Waals surface area (Å²) in [6, 6.07) is 0. The molecule has 0 spiro atoms. The SMILES string of the molecule is Nc1ncc2c(-c3cnc4nccn4c3)c[nH]c2n1. The first-order valence-electron chi connectivity index (χ1n) is 5.70.